The van der Waals surface area contributed by atoms with E-state index in [2.05, 4.69) is 14.4 Å². The third-order valence-electron chi connectivity index (χ3n) is 8.61. The second kappa shape index (κ2) is 9.00. The van der Waals surface area contributed by atoms with Gasteiger partial charge < -0.3 is 24.2 Å². The Labute approximate surface area is 201 Å². The summed E-state index contributed by atoms with van der Waals surface area (Å²) in [6.45, 7) is 4.57. The van der Waals surface area contributed by atoms with E-state index in [4.69, 9.17) is 9.72 Å². The van der Waals surface area contributed by atoms with Crippen LogP contribution in [0.5, 0.6) is 0 Å². The van der Waals surface area contributed by atoms with E-state index in [-0.39, 0.29) is 17.9 Å². The van der Waals surface area contributed by atoms with Gasteiger partial charge in [0.15, 0.2) is 5.69 Å². The molecule has 0 radical (unpaired) electrons. The zero-order valence-electron chi connectivity index (χ0n) is 20.0. The Morgan fingerprint density at radius 1 is 1.00 bits per heavy atom. The minimum absolute atomic E-state index is 0.0629. The molecule has 1 aromatic carbocycles. The van der Waals surface area contributed by atoms with Crippen molar-refractivity contribution in [2.75, 3.05) is 37.7 Å². The second-order valence-electron chi connectivity index (χ2n) is 10.4. The van der Waals surface area contributed by atoms with Crippen LogP contribution in [0.4, 0.5) is 5.95 Å². The summed E-state index contributed by atoms with van der Waals surface area (Å²) in [6.07, 6.45) is 7.86. The van der Waals surface area contributed by atoms with Gasteiger partial charge in [-0.25, -0.2) is 4.98 Å². The molecular formula is C27H36N4O3. The third kappa shape index (κ3) is 3.64. The molecule has 0 unspecified atom stereocenters. The van der Waals surface area contributed by atoms with Crippen LogP contribution in [0.1, 0.15) is 66.7 Å². The first kappa shape index (κ1) is 22.1. The molecule has 0 spiro atoms. The maximum absolute atomic E-state index is 14.1. The molecule has 4 heterocycles. The Kier molecular flexibility index (Phi) is 5.86. The summed E-state index contributed by atoms with van der Waals surface area (Å²) in [4.78, 5) is 23.5. The van der Waals surface area contributed by atoms with E-state index in [1.807, 2.05) is 30.3 Å². The van der Waals surface area contributed by atoms with Gasteiger partial charge >= 0.3 is 0 Å². The number of aliphatic hydroxyl groups is 1. The van der Waals surface area contributed by atoms with Gasteiger partial charge in [-0.05, 0) is 44.1 Å². The maximum atomic E-state index is 14.1. The Bertz CT molecular complexity index is 1030. The lowest BCUT2D eigenvalue weighted by Gasteiger charge is -2.52. The Balaban J connectivity index is 1.33. The van der Waals surface area contributed by atoms with Crippen LogP contribution < -0.4 is 4.90 Å². The summed E-state index contributed by atoms with van der Waals surface area (Å²) in [5, 5.41) is 11.9. The molecule has 1 N–H and O–H groups in total. The van der Waals surface area contributed by atoms with Gasteiger partial charge in [0.05, 0.1) is 24.5 Å². The number of fused-ring (bicyclic) bond motifs is 2. The van der Waals surface area contributed by atoms with Crippen LogP contribution in [-0.2, 0) is 23.3 Å². The standard InChI is InChI=1S/C27H36N4O3/c32-25(24-23-12-6-7-14-31(23)26(28-24)29-16-18-34-19-17-29)30-15-13-27(33,20-8-2-1-3-9-20)21-10-4-5-11-22(21)30/h1-3,8-9,21-22,33H,4-7,10-19H2/t21-,22+,27-/m1/s1. The van der Waals surface area contributed by atoms with Crippen molar-refractivity contribution in [1.29, 1.82) is 0 Å². The Morgan fingerprint density at radius 3 is 2.62 bits per heavy atom. The molecule has 1 aromatic heterocycles. The molecule has 7 nitrogen and oxygen atoms in total. The number of carbonyl (C=O) groups is 1. The number of likely N-dealkylation sites (tertiary alicyclic amines) is 1. The SMILES string of the molecule is O=C(c1nc(N2CCOCC2)n2c1CCCC2)N1CC[C@@](O)(c2ccccc2)[C@@H]2CCCC[C@@H]21. The van der Waals surface area contributed by atoms with Gasteiger partial charge in [0.1, 0.15) is 0 Å². The number of ether oxygens (including phenoxy) is 1. The molecule has 1 saturated carbocycles. The fraction of sp³-hybridized carbons (Fsp3) is 0.630. The number of morpholine rings is 1. The van der Waals surface area contributed by atoms with Gasteiger partial charge in [0, 0.05) is 38.1 Å². The van der Waals surface area contributed by atoms with Crippen molar-refractivity contribution in [2.45, 2.75) is 69.6 Å². The minimum Gasteiger partial charge on any atom is -0.385 e. The molecule has 34 heavy (non-hydrogen) atoms. The highest BCUT2D eigenvalue weighted by molar-refractivity contribution is 5.94. The zero-order chi connectivity index (χ0) is 23.1. The van der Waals surface area contributed by atoms with Crippen LogP contribution in [0.3, 0.4) is 0 Å². The van der Waals surface area contributed by atoms with Crippen LogP contribution in [-0.4, -0.2) is 64.4 Å². The molecule has 4 aliphatic rings. The molecule has 1 amide bonds. The monoisotopic (exact) mass is 464 g/mol. The number of imidazole rings is 1. The summed E-state index contributed by atoms with van der Waals surface area (Å²) < 4.78 is 7.85. The minimum atomic E-state index is -0.865. The number of piperidine rings is 1. The molecule has 3 aliphatic heterocycles. The lowest BCUT2D eigenvalue weighted by atomic mass is 9.66. The molecule has 2 aromatic rings. The zero-order valence-corrected chi connectivity index (χ0v) is 20.0. The summed E-state index contributed by atoms with van der Waals surface area (Å²) in [7, 11) is 0. The number of anilines is 1. The molecule has 6 rings (SSSR count). The van der Waals surface area contributed by atoms with Crippen LogP contribution in [0.25, 0.3) is 0 Å². The first-order valence-electron chi connectivity index (χ1n) is 13.2. The van der Waals surface area contributed by atoms with Crippen molar-refractivity contribution in [3.05, 3.63) is 47.3 Å². The summed E-state index contributed by atoms with van der Waals surface area (Å²) >= 11 is 0. The predicted octanol–water partition coefficient (Wildman–Crippen LogP) is 3.35. The summed E-state index contributed by atoms with van der Waals surface area (Å²) in [5.74, 6) is 1.08. The van der Waals surface area contributed by atoms with E-state index in [1.165, 1.54) is 0 Å². The number of hydrogen-bond acceptors (Lipinski definition) is 5. The molecule has 7 heteroatoms. The molecule has 3 atom stereocenters. The van der Waals surface area contributed by atoms with Crippen LogP contribution in [0.15, 0.2) is 30.3 Å². The first-order chi connectivity index (χ1) is 16.7. The number of rotatable bonds is 3. The molecule has 0 bridgehead atoms. The fourth-order valence-corrected chi connectivity index (χ4v) is 6.86. The van der Waals surface area contributed by atoms with Gasteiger partial charge in [0.25, 0.3) is 5.91 Å². The lowest BCUT2D eigenvalue weighted by Crippen LogP contribution is -2.59. The molecule has 1 aliphatic carbocycles. The van der Waals surface area contributed by atoms with Crippen molar-refractivity contribution < 1.29 is 14.6 Å². The Morgan fingerprint density at radius 2 is 1.79 bits per heavy atom. The van der Waals surface area contributed by atoms with Crippen LogP contribution >= 0.6 is 0 Å². The molecular weight excluding hydrogens is 428 g/mol. The molecule has 3 fully saturated rings. The third-order valence-corrected chi connectivity index (χ3v) is 8.61. The number of nitrogens with zero attached hydrogens (tertiary/aromatic N) is 4. The average molecular weight is 465 g/mol. The van der Waals surface area contributed by atoms with Gasteiger partial charge in [0.2, 0.25) is 5.95 Å². The van der Waals surface area contributed by atoms with E-state index in [9.17, 15) is 9.90 Å². The fourth-order valence-electron chi connectivity index (χ4n) is 6.86. The number of amides is 1. The lowest BCUT2D eigenvalue weighted by molar-refractivity contribution is -0.110. The number of aromatic nitrogens is 2. The highest BCUT2D eigenvalue weighted by Gasteiger charge is 2.51. The Hall–Kier alpha value is -2.38. The number of carbonyl (C=O) groups excluding carboxylic acids is 1. The van der Waals surface area contributed by atoms with Crippen molar-refractivity contribution in [3.63, 3.8) is 0 Å². The largest absolute Gasteiger partial charge is 0.385 e. The first-order valence-corrected chi connectivity index (χ1v) is 13.2. The van der Waals surface area contributed by atoms with E-state index >= 15 is 0 Å². The van der Waals surface area contributed by atoms with Crippen LogP contribution in [0, 0.1) is 5.92 Å². The normalized spacial score (nSPS) is 29.4. The topological polar surface area (TPSA) is 70.8 Å². The summed E-state index contributed by atoms with van der Waals surface area (Å²) in [5.41, 5.74) is 1.88. The maximum Gasteiger partial charge on any atom is 0.274 e. The van der Waals surface area contributed by atoms with Crippen LogP contribution in [0.2, 0.25) is 0 Å². The van der Waals surface area contributed by atoms with Crippen molar-refractivity contribution in [3.8, 4) is 0 Å². The van der Waals surface area contributed by atoms with E-state index < -0.39 is 5.60 Å². The second-order valence-corrected chi connectivity index (χ2v) is 10.4. The number of benzene rings is 1. The highest BCUT2D eigenvalue weighted by Crippen LogP contribution is 2.47. The van der Waals surface area contributed by atoms with Crippen molar-refractivity contribution in [2.24, 2.45) is 5.92 Å². The number of hydrogen-bond donors (Lipinski definition) is 1. The van der Waals surface area contributed by atoms with Crippen molar-refractivity contribution >= 4 is 11.9 Å². The van der Waals surface area contributed by atoms with Gasteiger partial charge in [-0.15, -0.1) is 0 Å². The highest BCUT2D eigenvalue weighted by atomic mass is 16.5. The van der Waals surface area contributed by atoms with Crippen molar-refractivity contribution in [1.82, 2.24) is 14.5 Å². The van der Waals surface area contributed by atoms with Gasteiger partial charge in [-0.1, -0.05) is 43.2 Å². The predicted molar refractivity (Wildman–Crippen MR) is 130 cm³/mol. The van der Waals surface area contributed by atoms with Gasteiger partial charge in [-0.3, -0.25) is 4.79 Å². The molecule has 182 valence electrons. The van der Waals surface area contributed by atoms with E-state index in [0.29, 0.717) is 31.9 Å². The van der Waals surface area contributed by atoms with E-state index in [0.717, 1.165) is 81.8 Å². The van der Waals surface area contributed by atoms with Gasteiger partial charge in [-0.2, -0.15) is 0 Å². The smallest absolute Gasteiger partial charge is 0.274 e. The molecule has 2 saturated heterocycles. The average Bonchev–Trinajstić information content (AvgIpc) is 3.30. The quantitative estimate of drug-likeness (QED) is 0.754. The summed E-state index contributed by atoms with van der Waals surface area (Å²) in [6, 6.07) is 10.2. The van der Waals surface area contributed by atoms with E-state index in [1.54, 1.807) is 0 Å².